The molecule has 0 bridgehead atoms. The topological polar surface area (TPSA) is 132 Å². The van der Waals surface area contributed by atoms with E-state index in [1.54, 1.807) is 0 Å². The number of ether oxygens (including phenoxy) is 8. The third kappa shape index (κ3) is 13.9. The van der Waals surface area contributed by atoms with E-state index in [0.29, 0.717) is 0 Å². The highest BCUT2D eigenvalue weighted by atomic mass is 19.4. The SMILES string of the molecule is COCCOCCOCCOC(=O)NC(CCC(F)(F)C(F)(F)C(F)(F)C(F)(F)C(F)(F)C(F)(F)C(F)(F)C(F)(F)F)NC(=O)OCCOCCOCCOC. The Morgan fingerprint density at radius 1 is 0.429 bits per heavy atom. The van der Waals surface area contributed by atoms with Gasteiger partial charge in [0, 0.05) is 20.6 Å². The lowest BCUT2D eigenvalue weighted by Gasteiger charge is -2.43. The Morgan fingerprint density at radius 2 is 0.714 bits per heavy atom. The van der Waals surface area contributed by atoms with E-state index < -0.39 is 92.0 Å². The standard InChI is InChI=1S/C27H37F17N2O10/c1-49-5-7-51-9-11-53-13-15-55-18(47)45-17(46-19(48)56-16-14-54-12-10-52-8-6-50-2)3-4-20(28,29)21(30,31)22(32,33)23(34,35)24(36,37)25(38,39)26(40,41)27(42,43)44/h17H,3-16H2,1-2H3,(H,45,47)(H,46,48). The lowest BCUT2D eigenvalue weighted by molar-refractivity contribution is -0.461. The van der Waals surface area contributed by atoms with Crippen LogP contribution in [0.25, 0.3) is 0 Å². The van der Waals surface area contributed by atoms with Gasteiger partial charge in [-0.3, -0.25) is 0 Å². The van der Waals surface area contributed by atoms with Gasteiger partial charge in [0.25, 0.3) is 0 Å². The summed E-state index contributed by atoms with van der Waals surface area (Å²) in [6.45, 7) is -1.33. The van der Waals surface area contributed by atoms with Crippen molar-refractivity contribution in [3.05, 3.63) is 0 Å². The molecule has 0 aliphatic rings. The largest absolute Gasteiger partial charge is 0.460 e. The third-order valence-electron chi connectivity index (χ3n) is 6.65. The van der Waals surface area contributed by atoms with Crippen molar-refractivity contribution in [1.82, 2.24) is 10.6 Å². The molecule has 0 fully saturated rings. The van der Waals surface area contributed by atoms with Crippen LogP contribution >= 0.6 is 0 Å². The fourth-order valence-corrected chi connectivity index (χ4v) is 3.54. The fraction of sp³-hybridized carbons (Fsp3) is 0.926. The van der Waals surface area contributed by atoms with Crippen LogP contribution in [-0.4, -0.2) is 159 Å². The fourth-order valence-electron chi connectivity index (χ4n) is 3.54. The molecule has 0 unspecified atom stereocenters. The Labute approximate surface area is 305 Å². The molecule has 0 spiro atoms. The zero-order valence-electron chi connectivity index (χ0n) is 29.0. The van der Waals surface area contributed by atoms with Crippen LogP contribution in [0.3, 0.4) is 0 Å². The molecule has 56 heavy (non-hydrogen) atoms. The van der Waals surface area contributed by atoms with Crippen LogP contribution in [-0.2, 0) is 37.9 Å². The minimum Gasteiger partial charge on any atom is -0.447 e. The molecule has 0 aliphatic heterocycles. The van der Waals surface area contributed by atoms with Crippen molar-refractivity contribution in [2.45, 2.75) is 66.6 Å². The minimum absolute atomic E-state index is 0.0286. The van der Waals surface area contributed by atoms with Crippen LogP contribution in [0.1, 0.15) is 12.8 Å². The molecular weight excluding hydrogens is 835 g/mol. The number of amides is 2. The average molecular weight is 873 g/mol. The molecule has 29 heteroatoms. The van der Waals surface area contributed by atoms with Crippen LogP contribution in [0.4, 0.5) is 84.2 Å². The van der Waals surface area contributed by atoms with Crippen molar-refractivity contribution in [1.29, 1.82) is 0 Å². The quantitative estimate of drug-likeness (QED) is 0.0532. The summed E-state index contributed by atoms with van der Waals surface area (Å²) in [7, 11) is 2.79. The molecule has 0 saturated heterocycles. The molecular formula is C27H37F17N2O10. The van der Waals surface area contributed by atoms with Crippen LogP contribution in [0.15, 0.2) is 0 Å². The number of rotatable bonds is 29. The lowest BCUT2D eigenvalue weighted by atomic mass is 9.88. The van der Waals surface area contributed by atoms with E-state index in [4.69, 9.17) is 28.4 Å². The molecule has 334 valence electrons. The predicted molar refractivity (Wildman–Crippen MR) is 150 cm³/mol. The number of nitrogens with one attached hydrogen (secondary N) is 2. The van der Waals surface area contributed by atoms with Crippen molar-refractivity contribution in [2.24, 2.45) is 0 Å². The van der Waals surface area contributed by atoms with Gasteiger partial charge in [-0.1, -0.05) is 0 Å². The maximum absolute atomic E-state index is 14.5. The van der Waals surface area contributed by atoms with Gasteiger partial charge in [-0.2, -0.15) is 74.6 Å². The van der Waals surface area contributed by atoms with E-state index in [9.17, 15) is 84.2 Å². The van der Waals surface area contributed by atoms with Gasteiger partial charge >= 0.3 is 59.8 Å². The monoisotopic (exact) mass is 872 g/mol. The molecule has 0 saturated carbocycles. The zero-order chi connectivity index (χ0) is 43.7. The number of hydrogen-bond acceptors (Lipinski definition) is 10. The highest BCUT2D eigenvalue weighted by Gasteiger charge is 2.95. The van der Waals surface area contributed by atoms with Crippen LogP contribution < -0.4 is 10.6 Å². The smallest absolute Gasteiger partial charge is 0.447 e. The number of halogens is 17. The number of carbonyl (C=O) groups is 2. The number of carbonyl (C=O) groups excluding carboxylic acids is 2. The molecule has 0 aromatic rings. The Morgan fingerprint density at radius 3 is 1.04 bits per heavy atom. The molecule has 2 amide bonds. The van der Waals surface area contributed by atoms with Crippen molar-refractivity contribution in [2.75, 3.05) is 93.5 Å². The first kappa shape index (κ1) is 53.1. The minimum atomic E-state index is -8.79. The van der Waals surface area contributed by atoms with Gasteiger partial charge in [0.05, 0.1) is 66.1 Å². The van der Waals surface area contributed by atoms with Gasteiger partial charge in [-0.25, -0.2) is 9.59 Å². The molecule has 0 aromatic heterocycles. The number of hydrogen-bond donors (Lipinski definition) is 2. The first-order chi connectivity index (χ1) is 25.5. The van der Waals surface area contributed by atoms with Crippen LogP contribution in [0.5, 0.6) is 0 Å². The van der Waals surface area contributed by atoms with E-state index >= 15 is 0 Å². The highest BCUT2D eigenvalue weighted by Crippen LogP contribution is 2.64. The third-order valence-corrected chi connectivity index (χ3v) is 6.65. The van der Waals surface area contributed by atoms with Crippen LogP contribution in [0, 0.1) is 0 Å². The number of alkyl carbamates (subject to hydrolysis) is 2. The predicted octanol–water partition coefficient (Wildman–Crippen LogP) is 5.91. The Balaban J connectivity index is 5.92. The Hall–Kier alpha value is -2.89. The van der Waals surface area contributed by atoms with Crippen molar-refractivity contribution in [3.63, 3.8) is 0 Å². The summed E-state index contributed by atoms with van der Waals surface area (Å²) in [6, 6.07) is 0. The van der Waals surface area contributed by atoms with Crippen molar-refractivity contribution < 1.29 is 122 Å². The van der Waals surface area contributed by atoms with E-state index in [-0.39, 0.29) is 66.1 Å². The zero-order valence-corrected chi connectivity index (χ0v) is 29.0. The number of methoxy groups -OCH3 is 2. The first-order valence-electron chi connectivity index (χ1n) is 15.4. The normalized spacial score (nSPS) is 13.9. The maximum Gasteiger partial charge on any atom is 0.460 e. The Bertz CT molecular complexity index is 1130. The van der Waals surface area contributed by atoms with Crippen molar-refractivity contribution in [3.8, 4) is 0 Å². The molecule has 0 aromatic carbocycles. The van der Waals surface area contributed by atoms with Gasteiger partial charge in [0.1, 0.15) is 19.4 Å². The van der Waals surface area contributed by atoms with Crippen LogP contribution in [0.2, 0.25) is 0 Å². The lowest BCUT2D eigenvalue weighted by Crippen LogP contribution is -2.74. The van der Waals surface area contributed by atoms with Crippen molar-refractivity contribution >= 4 is 12.2 Å². The van der Waals surface area contributed by atoms with Gasteiger partial charge in [0.2, 0.25) is 0 Å². The first-order valence-corrected chi connectivity index (χ1v) is 15.4. The van der Waals surface area contributed by atoms with E-state index in [0.717, 1.165) is 0 Å². The molecule has 12 nitrogen and oxygen atoms in total. The summed E-state index contributed by atoms with van der Waals surface area (Å²) in [5.41, 5.74) is 0. The highest BCUT2D eigenvalue weighted by molar-refractivity contribution is 5.70. The summed E-state index contributed by atoms with van der Waals surface area (Å²) in [5, 5.41) is 3.06. The van der Waals surface area contributed by atoms with Gasteiger partial charge in [0.15, 0.2) is 0 Å². The van der Waals surface area contributed by atoms with Gasteiger partial charge in [-0.15, -0.1) is 0 Å². The molecule has 2 N–H and O–H groups in total. The second kappa shape index (κ2) is 22.3. The Kier molecular flexibility index (Phi) is 21.2. The van der Waals surface area contributed by atoms with Gasteiger partial charge < -0.3 is 48.5 Å². The number of alkyl halides is 17. The molecule has 0 aliphatic carbocycles. The summed E-state index contributed by atoms with van der Waals surface area (Å²) >= 11 is 0. The molecule has 0 radical (unpaired) electrons. The molecule has 0 rings (SSSR count). The molecule has 0 heterocycles. The van der Waals surface area contributed by atoms with E-state index in [1.807, 2.05) is 0 Å². The summed E-state index contributed by atoms with van der Waals surface area (Å²) in [4.78, 5) is 24.3. The second-order valence-corrected chi connectivity index (χ2v) is 10.7. The maximum atomic E-state index is 14.5. The summed E-state index contributed by atoms with van der Waals surface area (Å²) < 4.78 is 270. The summed E-state index contributed by atoms with van der Waals surface area (Å²) in [6.07, 6.45) is -18.7. The molecule has 0 atom stereocenters. The van der Waals surface area contributed by atoms with E-state index in [1.165, 1.54) is 24.9 Å². The van der Waals surface area contributed by atoms with Gasteiger partial charge in [-0.05, 0) is 6.42 Å². The summed E-state index contributed by atoms with van der Waals surface area (Å²) in [5.74, 6) is -57.8. The second-order valence-electron chi connectivity index (χ2n) is 10.7. The average Bonchev–Trinajstić information content (AvgIpc) is 3.08. The van der Waals surface area contributed by atoms with E-state index in [2.05, 4.69) is 9.47 Å².